The minimum Gasteiger partial charge on any atom is -0.479 e. The number of aromatic nitrogens is 4. The van der Waals surface area contributed by atoms with Crippen molar-refractivity contribution in [2.45, 2.75) is 77.1 Å². The summed E-state index contributed by atoms with van der Waals surface area (Å²) in [5, 5.41) is 9.45. The first-order valence-electron chi connectivity index (χ1n) is 10.0. The molecular formula is C19H32N4O2. The van der Waals surface area contributed by atoms with Crippen LogP contribution in [0.4, 0.5) is 0 Å². The van der Waals surface area contributed by atoms with E-state index in [-0.39, 0.29) is 19.0 Å². The molecule has 2 rings (SSSR count). The van der Waals surface area contributed by atoms with Gasteiger partial charge >= 0.3 is 0 Å². The van der Waals surface area contributed by atoms with Crippen LogP contribution in [0.15, 0.2) is 12.7 Å². The Hall–Kier alpha value is -1.69. The van der Waals surface area contributed by atoms with Crippen LogP contribution in [0.2, 0.25) is 0 Å². The minimum atomic E-state index is 0.106. The Bertz CT molecular complexity index is 650. The van der Waals surface area contributed by atoms with Gasteiger partial charge in [-0.25, -0.2) is 9.97 Å². The van der Waals surface area contributed by atoms with Gasteiger partial charge in [-0.3, -0.25) is 0 Å². The molecular weight excluding hydrogens is 316 g/mol. The van der Waals surface area contributed by atoms with Crippen LogP contribution < -0.4 is 4.74 Å². The molecule has 6 nitrogen and oxygen atoms in total. The fraction of sp³-hybridized carbons (Fsp3) is 0.737. The topological polar surface area (TPSA) is 73.1 Å². The lowest BCUT2D eigenvalue weighted by Gasteiger charge is -2.18. The number of rotatable bonds is 13. The van der Waals surface area contributed by atoms with Gasteiger partial charge in [0.2, 0.25) is 5.88 Å². The second-order valence-corrected chi connectivity index (χ2v) is 6.44. The number of methoxy groups -OCH3 is 1. The van der Waals surface area contributed by atoms with Gasteiger partial charge in [0.05, 0.1) is 13.4 Å². The molecule has 2 heterocycles. The summed E-state index contributed by atoms with van der Waals surface area (Å²) in [7, 11) is 1.58. The third-order valence-electron chi connectivity index (χ3n) is 4.56. The molecule has 0 radical (unpaired) electrons. The van der Waals surface area contributed by atoms with E-state index in [1.54, 1.807) is 13.4 Å². The van der Waals surface area contributed by atoms with Crippen LogP contribution in [0.3, 0.4) is 0 Å². The number of imidazole rings is 1. The van der Waals surface area contributed by atoms with Gasteiger partial charge in [-0.1, -0.05) is 58.3 Å². The van der Waals surface area contributed by atoms with E-state index in [1.165, 1.54) is 12.7 Å². The van der Waals surface area contributed by atoms with Crippen molar-refractivity contribution in [1.82, 2.24) is 19.5 Å². The molecule has 0 saturated heterocycles. The molecule has 140 valence electrons. The summed E-state index contributed by atoms with van der Waals surface area (Å²) in [6, 6.07) is 0.175. The van der Waals surface area contributed by atoms with Crippen molar-refractivity contribution in [2.24, 2.45) is 0 Å². The number of hydrogen-bond acceptors (Lipinski definition) is 5. The summed E-state index contributed by atoms with van der Waals surface area (Å²) in [5.74, 6) is 0.480. The molecule has 25 heavy (non-hydrogen) atoms. The van der Waals surface area contributed by atoms with Crippen LogP contribution in [0, 0.1) is 0 Å². The number of aliphatic hydroxyl groups excluding tert-OH is 1. The van der Waals surface area contributed by atoms with Crippen LogP contribution >= 0.6 is 0 Å². The monoisotopic (exact) mass is 349 g/mol. The van der Waals surface area contributed by atoms with Crippen LogP contribution in [-0.4, -0.2) is 38.3 Å². The molecule has 0 fully saturated rings. The van der Waals surface area contributed by atoms with Crippen molar-refractivity contribution in [2.75, 3.05) is 13.7 Å². The first-order chi connectivity index (χ1) is 12.7. The van der Waals surface area contributed by atoms with Crippen molar-refractivity contribution in [1.29, 1.82) is 0 Å². The van der Waals surface area contributed by atoms with E-state index >= 15 is 0 Å². The van der Waals surface area contributed by atoms with E-state index in [1.807, 2.05) is 4.57 Å². The average molecular weight is 349 g/mol. The Labute approximate surface area is 152 Å². The summed E-state index contributed by atoms with van der Waals surface area (Å²) < 4.78 is 15.2. The molecule has 2 aromatic rings. The molecule has 2 atom stereocenters. The summed E-state index contributed by atoms with van der Waals surface area (Å²) in [5.41, 5.74) is 1.42. The Morgan fingerprint density at radius 2 is 1.92 bits per heavy atom. The standard InChI is InChI=1S/C19H32N4O2/c1-3-4-5-6-7-8-9-10-11-16(12-13-24)23-15-22-17-18(23)20-14-21-19(17)25-2/h14-16,24H,3-13H2,1-2H3/i5D. The van der Waals surface area contributed by atoms with Gasteiger partial charge in [-0.05, 0) is 12.8 Å². The maximum absolute atomic E-state index is 9.45. The zero-order valence-electron chi connectivity index (χ0n) is 16.5. The fourth-order valence-corrected chi connectivity index (χ4v) is 3.19. The lowest BCUT2D eigenvalue weighted by atomic mass is 10.0. The zero-order valence-corrected chi connectivity index (χ0v) is 15.5. The lowest BCUT2D eigenvalue weighted by Crippen LogP contribution is -2.11. The molecule has 1 N–H and O–H groups in total. The lowest BCUT2D eigenvalue weighted by molar-refractivity contribution is 0.251. The number of unbranched alkanes of at least 4 members (excludes halogenated alkanes) is 3. The molecule has 0 aromatic carbocycles. The number of nitrogens with zero attached hydrogens (tertiary/aromatic N) is 4. The highest BCUT2D eigenvalue weighted by Gasteiger charge is 2.17. The van der Waals surface area contributed by atoms with Gasteiger partial charge in [-0.2, -0.15) is 4.98 Å². The Morgan fingerprint density at radius 1 is 1.12 bits per heavy atom. The van der Waals surface area contributed by atoms with Crippen molar-refractivity contribution in [3.63, 3.8) is 0 Å². The maximum Gasteiger partial charge on any atom is 0.245 e. The molecule has 0 bridgehead atoms. The van der Waals surface area contributed by atoms with Gasteiger partial charge in [0.25, 0.3) is 0 Å². The SMILES string of the molecule is [2H]C(CCC)CCCCCCC(CCO)n1cnc2c(OC)ncnc21. The predicted molar refractivity (Wildman–Crippen MR) is 99.8 cm³/mol. The van der Waals surface area contributed by atoms with Gasteiger partial charge in [0.1, 0.15) is 6.33 Å². The molecule has 0 amide bonds. The molecule has 6 heteroatoms. The Kier molecular flexibility index (Phi) is 7.99. The van der Waals surface area contributed by atoms with E-state index in [2.05, 4.69) is 21.9 Å². The van der Waals surface area contributed by atoms with Gasteiger partial charge in [0.15, 0.2) is 11.2 Å². The van der Waals surface area contributed by atoms with Crippen LogP contribution in [0.1, 0.15) is 78.5 Å². The molecule has 0 aliphatic rings. The second kappa shape index (κ2) is 11.0. The van der Waals surface area contributed by atoms with Crippen LogP contribution in [-0.2, 0) is 0 Å². The highest BCUT2D eigenvalue weighted by molar-refractivity contribution is 5.76. The fourth-order valence-electron chi connectivity index (χ4n) is 3.19. The van der Waals surface area contributed by atoms with Crippen molar-refractivity contribution < 1.29 is 11.2 Å². The zero-order chi connectivity index (χ0) is 18.8. The largest absolute Gasteiger partial charge is 0.479 e. The molecule has 0 spiro atoms. The second-order valence-electron chi connectivity index (χ2n) is 6.44. The van der Waals surface area contributed by atoms with E-state index in [4.69, 9.17) is 6.11 Å². The third kappa shape index (κ3) is 5.66. The van der Waals surface area contributed by atoms with Crippen molar-refractivity contribution in [3.8, 4) is 5.88 Å². The maximum atomic E-state index is 9.45. The van der Waals surface area contributed by atoms with Crippen LogP contribution in [0.25, 0.3) is 11.2 Å². The highest BCUT2D eigenvalue weighted by Crippen LogP contribution is 2.26. The van der Waals surface area contributed by atoms with Crippen molar-refractivity contribution >= 4 is 11.2 Å². The molecule has 2 aromatic heterocycles. The number of hydrogen-bond donors (Lipinski definition) is 1. The Balaban J connectivity index is 1.87. The Morgan fingerprint density at radius 3 is 2.68 bits per heavy atom. The summed E-state index contributed by atoms with van der Waals surface area (Å²) in [6.45, 7) is 2.28. The average Bonchev–Trinajstić information content (AvgIpc) is 3.08. The van der Waals surface area contributed by atoms with E-state index in [0.717, 1.165) is 50.6 Å². The van der Waals surface area contributed by atoms with Crippen LogP contribution in [0.5, 0.6) is 5.88 Å². The number of aliphatic hydroxyl groups is 1. The van der Waals surface area contributed by atoms with Gasteiger partial charge in [-0.15, -0.1) is 0 Å². The highest BCUT2D eigenvalue weighted by atomic mass is 16.5. The molecule has 0 aliphatic heterocycles. The number of fused-ring (bicyclic) bond motifs is 1. The molecule has 0 aliphatic carbocycles. The summed E-state index contributed by atoms with van der Waals surface area (Å²) >= 11 is 0. The van der Waals surface area contributed by atoms with E-state index < -0.39 is 0 Å². The summed E-state index contributed by atoms with van der Waals surface area (Å²) in [4.78, 5) is 12.8. The first kappa shape index (κ1) is 18.1. The van der Waals surface area contributed by atoms with E-state index in [9.17, 15) is 5.11 Å². The van der Waals surface area contributed by atoms with E-state index in [0.29, 0.717) is 17.8 Å². The minimum absolute atomic E-state index is 0.106. The van der Waals surface area contributed by atoms with Gasteiger partial charge in [0, 0.05) is 14.0 Å². The van der Waals surface area contributed by atoms with Gasteiger partial charge < -0.3 is 14.4 Å². The predicted octanol–water partition coefficient (Wildman–Crippen LogP) is 4.29. The third-order valence-corrected chi connectivity index (χ3v) is 4.56. The normalized spacial score (nSPS) is 14.4. The summed E-state index contributed by atoms with van der Waals surface area (Å²) in [6.07, 6.45) is 12.7. The quantitative estimate of drug-likeness (QED) is 0.546. The number of ether oxygens (including phenoxy) is 1. The molecule has 2 unspecified atom stereocenters. The van der Waals surface area contributed by atoms with Crippen molar-refractivity contribution in [3.05, 3.63) is 12.7 Å². The first-order valence-corrected chi connectivity index (χ1v) is 9.45. The smallest absolute Gasteiger partial charge is 0.245 e. The molecule has 0 saturated carbocycles.